The Morgan fingerprint density at radius 2 is 2.44 bits per heavy atom. The van der Waals surface area contributed by atoms with E-state index < -0.39 is 4.92 Å². The molecule has 0 spiro atoms. The summed E-state index contributed by atoms with van der Waals surface area (Å²) in [5, 5.41) is 14.5. The fourth-order valence-electron chi connectivity index (χ4n) is 1.14. The average Bonchev–Trinajstić information content (AvgIpc) is 2.66. The van der Waals surface area contributed by atoms with Crippen LogP contribution in [0.1, 0.15) is 17.3 Å². The van der Waals surface area contributed by atoms with Gasteiger partial charge in [-0.3, -0.25) is 14.9 Å². The zero-order valence-electron chi connectivity index (χ0n) is 8.93. The molecule has 1 heterocycles. The lowest BCUT2D eigenvalue weighted by atomic mass is 10.3. The zero-order valence-corrected chi connectivity index (χ0v) is 9.74. The third-order valence-corrected chi connectivity index (χ3v) is 2.70. The summed E-state index contributed by atoms with van der Waals surface area (Å²) in [5.41, 5.74) is 0.305. The van der Waals surface area contributed by atoms with E-state index in [0.29, 0.717) is 12.2 Å². The minimum atomic E-state index is -0.514. The maximum absolute atomic E-state index is 11.6. The van der Waals surface area contributed by atoms with Crippen LogP contribution in [0, 0.1) is 10.1 Å². The second kappa shape index (κ2) is 5.57. The number of nitro groups is 1. The van der Waals surface area contributed by atoms with Crippen molar-refractivity contribution in [3.63, 3.8) is 0 Å². The summed E-state index contributed by atoms with van der Waals surface area (Å²) in [6.07, 6.45) is 0. The predicted molar refractivity (Wildman–Crippen MR) is 59.8 cm³/mol. The lowest BCUT2D eigenvalue weighted by Crippen LogP contribution is -2.35. The van der Waals surface area contributed by atoms with Crippen LogP contribution in [0.3, 0.4) is 0 Å². The third-order valence-electron chi connectivity index (χ3n) is 1.82. The van der Waals surface area contributed by atoms with Gasteiger partial charge in [-0.25, -0.2) is 0 Å². The van der Waals surface area contributed by atoms with Gasteiger partial charge in [0.15, 0.2) is 0 Å². The molecule has 0 fully saturated rings. The molecule has 0 aliphatic rings. The zero-order chi connectivity index (χ0) is 12.1. The second-order valence-electron chi connectivity index (χ2n) is 3.26. The van der Waals surface area contributed by atoms with E-state index in [0.717, 1.165) is 11.3 Å². The van der Waals surface area contributed by atoms with Crippen LogP contribution in [-0.2, 0) is 4.74 Å². The van der Waals surface area contributed by atoms with Crippen molar-refractivity contribution >= 4 is 22.2 Å². The highest BCUT2D eigenvalue weighted by Crippen LogP contribution is 2.22. The van der Waals surface area contributed by atoms with Crippen molar-refractivity contribution in [3.05, 3.63) is 27.1 Å². The van der Waals surface area contributed by atoms with E-state index >= 15 is 0 Å². The largest absolute Gasteiger partial charge is 0.383 e. The molecule has 1 amide bonds. The number of ether oxygens (including phenoxy) is 1. The standard InChI is InChI=1S/C9H12N2O4S/c1-6(4-15-2)10-9(12)7-3-8(11(13)14)16-5-7/h3,5-6H,4H2,1-2H3,(H,10,12). The highest BCUT2D eigenvalue weighted by molar-refractivity contribution is 7.13. The molecule has 0 bridgehead atoms. The number of nitrogens with zero attached hydrogens (tertiary/aromatic N) is 1. The monoisotopic (exact) mass is 244 g/mol. The second-order valence-corrected chi connectivity index (χ2v) is 4.15. The first-order valence-electron chi connectivity index (χ1n) is 4.57. The van der Waals surface area contributed by atoms with E-state index in [-0.39, 0.29) is 17.0 Å². The quantitative estimate of drug-likeness (QED) is 0.627. The third kappa shape index (κ3) is 3.28. The van der Waals surface area contributed by atoms with E-state index in [1.807, 2.05) is 0 Å². The van der Waals surface area contributed by atoms with Crippen molar-refractivity contribution in [1.82, 2.24) is 5.32 Å². The first kappa shape index (κ1) is 12.6. The summed E-state index contributed by atoms with van der Waals surface area (Å²) in [4.78, 5) is 21.5. The van der Waals surface area contributed by atoms with Crippen molar-refractivity contribution in [2.75, 3.05) is 13.7 Å². The number of amides is 1. The van der Waals surface area contributed by atoms with Gasteiger partial charge in [-0.05, 0) is 6.92 Å². The number of carbonyl (C=O) groups excluding carboxylic acids is 1. The summed E-state index contributed by atoms with van der Waals surface area (Å²) < 4.78 is 4.86. The number of carbonyl (C=O) groups is 1. The van der Waals surface area contributed by atoms with E-state index in [1.54, 1.807) is 6.92 Å². The minimum Gasteiger partial charge on any atom is -0.383 e. The van der Waals surface area contributed by atoms with Crippen molar-refractivity contribution in [3.8, 4) is 0 Å². The SMILES string of the molecule is COCC(C)NC(=O)c1csc([N+](=O)[O-])c1. The van der Waals surface area contributed by atoms with Crippen LogP contribution in [0.5, 0.6) is 0 Å². The number of hydrogen-bond donors (Lipinski definition) is 1. The molecule has 1 N–H and O–H groups in total. The number of rotatable bonds is 5. The number of methoxy groups -OCH3 is 1. The van der Waals surface area contributed by atoms with Crippen LogP contribution in [0.2, 0.25) is 0 Å². The topological polar surface area (TPSA) is 81.5 Å². The lowest BCUT2D eigenvalue weighted by molar-refractivity contribution is -0.380. The normalized spacial score (nSPS) is 12.1. The van der Waals surface area contributed by atoms with Crippen molar-refractivity contribution < 1.29 is 14.5 Å². The highest BCUT2D eigenvalue weighted by atomic mass is 32.1. The van der Waals surface area contributed by atoms with Crippen molar-refractivity contribution in [2.24, 2.45) is 0 Å². The van der Waals surface area contributed by atoms with Gasteiger partial charge in [0.1, 0.15) is 0 Å². The molecule has 0 saturated heterocycles. The van der Waals surface area contributed by atoms with E-state index in [1.165, 1.54) is 18.6 Å². The molecule has 88 valence electrons. The van der Waals surface area contributed by atoms with Crippen molar-refractivity contribution in [1.29, 1.82) is 0 Å². The number of hydrogen-bond acceptors (Lipinski definition) is 5. The smallest absolute Gasteiger partial charge is 0.324 e. The highest BCUT2D eigenvalue weighted by Gasteiger charge is 2.16. The summed E-state index contributed by atoms with van der Waals surface area (Å²) in [7, 11) is 1.54. The summed E-state index contributed by atoms with van der Waals surface area (Å²) in [6.45, 7) is 2.19. The Morgan fingerprint density at radius 1 is 1.75 bits per heavy atom. The molecule has 0 aromatic carbocycles. The van der Waals surface area contributed by atoms with Crippen LogP contribution in [0.25, 0.3) is 0 Å². The van der Waals surface area contributed by atoms with Gasteiger partial charge in [0.2, 0.25) is 0 Å². The molecule has 0 radical (unpaired) electrons. The Labute approximate surface area is 96.4 Å². The van der Waals surface area contributed by atoms with Gasteiger partial charge in [-0.15, -0.1) is 0 Å². The minimum absolute atomic E-state index is 0.0375. The van der Waals surface area contributed by atoms with Gasteiger partial charge in [-0.1, -0.05) is 11.3 Å². The maximum atomic E-state index is 11.6. The predicted octanol–water partition coefficient (Wildman–Crippen LogP) is 1.42. The first-order valence-corrected chi connectivity index (χ1v) is 5.45. The van der Waals surface area contributed by atoms with Crippen LogP contribution in [0.15, 0.2) is 11.4 Å². The molecule has 1 atom stereocenters. The first-order chi connectivity index (χ1) is 7.54. The molecule has 0 aliphatic heterocycles. The fourth-order valence-corrected chi connectivity index (χ4v) is 1.84. The van der Waals surface area contributed by atoms with Crippen LogP contribution >= 0.6 is 11.3 Å². The van der Waals surface area contributed by atoms with Gasteiger partial charge < -0.3 is 10.1 Å². The van der Waals surface area contributed by atoms with Gasteiger partial charge in [0.05, 0.1) is 17.1 Å². The van der Waals surface area contributed by atoms with E-state index in [2.05, 4.69) is 5.32 Å². The summed E-state index contributed by atoms with van der Waals surface area (Å²) in [6, 6.07) is 1.14. The van der Waals surface area contributed by atoms with Gasteiger partial charge in [-0.2, -0.15) is 0 Å². The Balaban J connectivity index is 2.62. The average molecular weight is 244 g/mol. The Kier molecular flexibility index (Phi) is 4.39. The summed E-state index contributed by atoms with van der Waals surface area (Å²) in [5.74, 6) is -0.325. The van der Waals surface area contributed by atoms with Crippen molar-refractivity contribution in [2.45, 2.75) is 13.0 Å². The van der Waals surface area contributed by atoms with E-state index in [9.17, 15) is 14.9 Å². The molecule has 6 nitrogen and oxygen atoms in total. The molecule has 0 saturated carbocycles. The number of nitrogens with one attached hydrogen (secondary N) is 1. The molecule has 0 aliphatic carbocycles. The number of thiophene rings is 1. The molecular weight excluding hydrogens is 232 g/mol. The lowest BCUT2D eigenvalue weighted by Gasteiger charge is -2.11. The van der Waals surface area contributed by atoms with Gasteiger partial charge in [0.25, 0.3) is 5.91 Å². The molecule has 1 rings (SSSR count). The molecule has 1 unspecified atom stereocenters. The Morgan fingerprint density at radius 3 is 2.94 bits per heavy atom. The van der Waals surface area contributed by atoms with Crippen LogP contribution in [0.4, 0.5) is 5.00 Å². The molecule has 1 aromatic heterocycles. The molecular formula is C9H12N2O4S. The fraction of sp³-hybridized carbons (Fsp3) is 0.444. The van der Waals surface area contributed by atoms with Gasteiger partial charge >= 0.3 is 5.00 Å². The van der Waals surface area contributed by atoms with Crippen LogP contribution in [-0.4, -0.2) is 30.6 Å². The molecule has 1 aromatic rings. The molecule has 16 heavy (non-hydrogen) atoms. The maximum Gasteiger partial charge on any atom is 0.324 e. The van der Waals surface area contributed by atoms with Gasteiger partial charge in [0, 0.05) is 24.6 Å². The molecule has 7 heteroatoms. The Bertz CT molecular complexity index is 391. The summed E-state index contributed by atoms with van der Waals surface area (Å²) >= 11 is 0.935. The Hall–Kier alpha value is -1.47. The van der Waals surface area contributed by atoms with E-state index in [4.69, 9.17) is 4.74 Å². The van der Waals surface area contributed by atoms with Crippen LogP contribution < -0.4 is 5.32 Å².